The zero-order valence-corrected chi connectivity index (χ0v) is 14.2. The Morgan fingerprint density at radius 2 is 1.83 bits per heavy atom. The van der Waals surface area contributed by atoms with E-state index in [0.717, 1.165) is 0 Å². The quantitative estimate of drug-likeness (QED) is 0.494. The van der Waals surface area contributed by atoms with Crippen molar-refractivity contribution in [3.8, 4) is 0 Å². The Hall–Kier alpha value is -1.85. The Bertz CT molecular complexity index is 758. The summed E-state index contributed by atoms with van der Waals surface area (Å²) >= 11 is 0. The molecule has 24 heavy (non-hydrogen) atoms. The molecule has 2 aliphatic carbocycles. The predicted molar refractivity (Wildman–Crippen MR) is 79.4 cm³/mol. The van der Waals surface area contributed by atoms with Crippen molar-refractivity contribution in [2.45, 2.75) is 58.3 Å². The van der Waals surface area contributed by atoms with Gasteiger partial charge in [0, 0.05) is 17.6 Å². The number of ether oxygens (including phenoxy) is 3. The van der Waals surface area contributed by atoms with Crippen LogP contribution in [-0.2, 0) is 28.6 Å². The van der Waals surface area contributed by atoms with Crippen LogP contribution in [0.1, 0.15) is 40.5 Å². The van der Waals surface area contributed by atoms with Gasteiger partial charge in [-0.15, -0.1) is 0 Å². The van der Waals surface area contributed by atoms with Crippen molar-refractivity contribution in [1.29, 1.82) is 0 Å². The van der Waals surface area contributed by atoms with E-state index in [1.165, 1.54) is 0 Å². The van der Waals surface area contributed by atoms with Crippen molar-refractivity contribution >= 4 is 17.9 Å². The number of carbonyl (C=O) groups is 3. The van der Waals surface area contributed by atoms with Gasteiger partial charge in [0.1, 0.15) is 12.2 Å². The Kier molecular flexibility index (Phi) is 2.24. The van der Waals surface area contributed by atoms with Crippen LogP contribution >= 0.6 is 0 Å². The van der Waals surface area contributed by atoms with E-state index in [1.807, 2.05) is 0 Å². The first-order valence-electron chi connectivity index (χ1n) is 8.51. The second-order valence-electron chi connectivity index (χ2n) is 8.86. The summed E-state index contributed by atoms with van der Waals surface area (Å²) in [6.45, 7) is 7.95. The Labute approximate surface area is 139 Å². The lowest BCUT2D eigenvalue weighted by atomic mass is 9.64. The minimum atomic E-state index is -1.44. The summed E-state index contributed by atoms with van der Waals surface area (Å²) in [6, 6.07) is 0. The highest BCUT2D eigenvalue weighted by Gasteiger charge is 2.89. The maximum absolute atomic E-state index is 12.8. The molecule has 0 N–H and O–H groups in total. The van der Waals surface area contributed by atoms with Gasteiger partial charge >= 0.3 is 17.9 Å². The third-order valence-corrected chi connectivity index (χ3v) is 7.00. The van der Waals surface area contributed by atoms with E-state index in [-0.39, 0.29) is 23.4 Å². The van der Waals surface area contributed by atoms with Crippen LogP contribution < -0.4 is 0 Å². The van der Waals surface area contributed by atoms with Gasteiger partial charge in [0.15, 0.2) is 0 Å². The van der Waals surface area contributed by atoms with E-state index >= 15 is 0 Å². The van der Waals surface area contributed by atoms with Crippen LogP contribution in [0.15, 0.2) is 11.1 Å². The zero-order valence-electron chi connectivity index (χ0n) is 14.2. The third kappa shape index (κ3) is 1.18. The van der Waals surface area contributed by atoms with Crippen LogP contribution in [0.25, 0.3) is 0 Å². The molecule has 3 heterocycles. The first-order valence-corrected chi connectivity index (χ1v) is 8.51. The fourth-order valence-corrected chi connectivity index (χ4v) is 6.10. The van der Waals surface area contributed by atoms with Crippen LogP contribution in [0.5, 0.6) is 0 Å². The van der Waals surface area contributed by atoms with Gasteiger partial charge in [-0.2, -0.15) is 0 Å². The first kappa shape index (κ1) is 14.5. The van der Waals surface area contributed by atoms with Gasteiger partial charge in [-0.3, -0.25) is 4.79 Å². The molecule has 5 rings (SSSR count). The second kappa shape index (κ2) is 3.70. The standard InChI is InChI=1S/C18H20O6/c1-7-11-9(22-13(7)19)6-17-10-5-8(16(2,3)4)12(17)14(20)24-18(11,17)15(21)23-10/h8-10,12H,5-6H2,1-4H3/t8-,9?,10-,12-,17+,18-/m1/s1. The summed E-state index contributed by atoms with van der Waals surface area (Å²) < 4.78 is 17.0. The number of rotatable bonds is 0. The number of esters is 3. The summed E-state index contributed by atoms with van der Waals surface area (Å²) in [4.78, 5) is 37.7. The molecular weight excluding hydrogens is 312 g/mol. The molecule has 0 radical (unpaired) electrons. The first-order chi connectivity index (χ1) is 11.1. The van der Waals surface area contributed by atoms with Crippen LogP contribution in [-0.4, -0.2) is 35.7 Å². The Balaban J connectivity index is 1.78. The normalized spacial score (nSPS) is 48.2. The minimum Gasteiger partial charge on any atom is -0.458 e. The van der Waals surface area contributed by atoms with Gasteiger partial charge in [0.2, 0.25) is 5.60 Å². The molecule has 128 valence electrons. The molecule has 5 aliphatic rings. The molecule has 6 heteroatoms. The predicted octanol–water partition coefficient (Wildman–Crippen LogP) is 1.52. The van der Waals surface area contributed by atoms with Crippen molar-refractivity contribution in [2.24, 2.45) is 22.7 Å². The van der Waals surface area contributed by atoms with Crippen LogP contribution in [0.3, 0.4) is 0 Å². The fourth-order valence-electron chi connectivity index (χ4n) is 6.10. The van der Waals surface area contributed by atoms with E-state index in [2.05, 4.69) is 20.8 Å². The number of hydrogen-bond acceptors (Lipinski definition) is 6. The average molecular weight is 332 g/mol. The van der Waals surface area contributed by atoms with Gasteiger partial charge in [0.25, 0.3) is 0 Å². The van der Waals surface area contributed by atoms with Gasteiger partial charge in [-0.25, -0.2) is 9.59 Å². The summed E-state index contributed by atoms with van der Waals surface area (Å²) in [6.07, 6.45) is 0.270. The van der Waals surface area contributed by atoms with Gasteiger partial charge in [-0.1, -0.05) is 20.8 Å². The SMILES string of the molecule is CC1=C2C(C[C@]34[C@H]5C[C@@H](C(C)(C)C)[C@@H]3C(=O)O[C@@]24C(=O)O5)OC1=O. The van der Waals surface area contributed by atoms with Crippen LogP contribution in [0.4, 0.5) is 0 Å². The van der Waals surface area contributed by atoms with Crippen LogP contribution in [0.2, 0.25) is 0 Å². The monoisotopic (exact) mass is 332 g/mol. The van der Waals surface area contributed by atoms with Crippen molar-refractivity contribution in [2.75, 3.05) is 0 Å². The van der Waals surface area contributed by atoms with Gasteiger partial charge in [0.05, 0.1) is 11.3 Å². The van der Waals surface area contributed by atoms with E-state index in [1.54, 1.807) is 6.92 Å². The van der Waals surface area contributed by atoms with Crippen molar-refractivity contribution in [1.82, 2.24) is 0 Å². The average Bonchev–Trinajstić information content (AvgIpc) is 3.12. The third-order valence-electron chi connectivity index (χ3n) is 7.00. The minimum absolute atomic E-state index is 0.0698. The lowest BCUT2D eigenvalue weighted by molar-refractivity contribution is -0.165. The topological polar surface area (TPSA) is 78.9 Å². The van der Waals surface area contributed by atoms with Crippen molar-refractivity contribution < 1.29 is 28.6 Å². The van der Waals surface area contributed by atoms with Crippen LogP contribution in [0, 0.1) is 22.7 Å². The number of hydrogen-bond donors (Lipinski definition) is 0. The largest absolute Gasteiger partial charge is 0.458 e. The summed E-state index contributed by atoms with van der Waals surface area (Å²) in [5.41, 5.74) is -1.35. The molecule has 6 atom stereocenters. The number of fused-ring (bicyclic) bond motifs is 1. The molecule has 3 aliphatic heterocycles. The maximum atomic E-state index is 12.8. The molecule has 6 nitrogen and oxygen atoms in total. The summed E-state index contributed by atoms with van der Waals surface area (Å²) in [5.74, 6) is -1.60. The lowest BCUT2D eigenvalue weighted by Crippen LogP contribution is -2.47. The zero-order chi connectivity index (χ0) is 17.2. The summed E-state index contributed by atoms with van der Waals surface area (Å²) in [7, 11) is 0. The molecule has 2 saturated heterocycles. The highest BCUT2D eigenvalue weighted by atomic mass is 16.6. The maximum Gasteiger partial charge on any atom is 0.356 e. The second-order valence-corrected chi connectivity index (χ2v) is 8.86. The van der Waals surface area contributed by atoms with E-state index in [9.17, 15) is 14.4 Å². The molecule has 0 aromatic heterocycles. The summed E-state index contributed by atoms with van der Waals surface area (Å²) in [5, 5.41) is 0. The van der Waals surface area contributed by atoms with E-state index in [4.69, 9.17) is 14.2 Å². The fraction of sp³-hybridized carbons (Fsp3) is 0.722. The van der Waals surface area contributed by atoms with Gasteiger partial charge < -0.3 is 14.2 Å². The molecule has 2 saturated carbocycles. The van der Waals surface area contributed by atoms with E-state index in [0.29, 0.717) is 24.0 Å². The lowest BCUT2D eigenvalue weighted by Gasteiger charge is -2.33. The smallest absolute Gasteiger partial charge is 0.356 e. The molecule has 0 bridgehead atoms. The molecule has 4 fully saturated rings. The Morgan fingerprint density at radius 3 is 2.50 bits per heavy atom. The van der Waals surface area contributed by atoms with Crippen molar-refractivity contribution in [3.05, 3.63) is 11.1 Å². The molecule has 0 aromatic carbocycles. The van der Waals surface area contributed by atoms with Gasteiger partial charge in [-0.05, 0) is 24.7 Å². The number of carbonyl (C=O) groups excluding carboxylic acids is 3. The highest BCUT2D eigenvalue weighted by Crippen LogP contribution is 2.75. The van der Waals surface area contributed by atoms with Crippen molar-refractivity contribution in [3.63, 3.8) is 0 Å². The molecule has 1 spiro atoms. The molecule has 1 unspecified atom stereocenters. The van der Waals surface area contributed by atoms with E-state index < -0.39 is 35.0 Å². The highest BCUT2D eigenvalue weighted by molar-refractivity contribution is 6.03. The molecule has 0 amide bonds. The molecule has 0 aromatic rings. The Morgan fingerprint density at radius 1 is 1.12 bits per heavy atom. The molecular formula is C18H20O6.